The van der Waals surface area contributed by atoms with Gasteiger partial charge in [-0.1, -0.05) is 45.9 Å². The first-order chi connectivity index (χ1) is 9.43. The molecule has 1 aromatic carbocycles. The number of benzene rings is 1. The standard InChI is InChI=1S/C17H21IN2/c1-11(2)12-9-10-15(17(12,3)4)20-14-8-6-5-7-13(14)19-16(20)18/h5-8,10-12H,9H2,1-4H3. The van der Waals surface area contributed by atoms with E-state index in [4.69, 9.17) is 4.98 Å². The first-order valence-electron chi connectivity index (χ1n) is 7.27. The molecular weight excluding hydrogens is 359 g/mol. The van der Waals surface area contributed by atoms with Crippen molar-refractivity contribution in [3.8, 4) is 0 Å². The van der Waals surface area contributed by atoms with Crippen molar-refractivity contribution in [2.45, 2.75) is 34.1 Å². The highest BCUT2D eigenvalue weighted by Gasteiger charge is 2.40. The van der Waals surface area contributed by atoms with Crippen LogP contribution in [-0.4, -0.2) is 9.55 Å². The van der Waals surface area contributed by atoms with E-state index >= 15 is 0 Å². The molecule has 106 valence electrons. The summed E-state index contributed by atoms with van der Waals surface area (Å²) in [5.41, 5.74) is 3.91. The second-order valence-corrected chi connectivity index (χ2v) is 7.57. The van der Waals surface area contributed by atoms with Crippen LogP contribution in [0, 0.1) is 21.1 Å². The predicted octanol–water partition coefficient (Wildman–Crippen LogP) is 5.18. The van der Waals surface area contributed by atoms with E-state index in [1.54, 1.807) is 0 Å². The Balaban J connectivity index is 2.15. The molecule has 1 unspecified atom stereocenters. The number of fused-ring (bicyclic) bond motifs is 1. The van der Waals surface area contributed by atoms with E-state index in [2.05, 4.69) is 85.2 Å². The number of para-hydroxylation sites is 2. The lowest BCUT2D eigenvalue weighted by molar-refractivity contribution is 0.236. The van der Waals surface area contributed by atoms with E-state index in [0.717, 1.165) is 9.35 Å². The van der Waals surface area contributed by atoms with Crippen LogP contribution in [0.2, 0.25) is 0 Å². The van der Waals surface area contributed by atoms with Gasteiger partial charge in [-0.25, -0.2) is 4.98 Å². The fourth-order valence-electron chi connectivity index (χ4n) is 3.70. The van der Waals surface area contributed by atoms with Gasteiger partial charge in [0.1, 0.15) is 0 Å². The summed E-state index contributed by atoms with van der Waals surface area (Å²) in [6.45, 7) is 9.42. The van der Waals surface area contributed by atoms with Gasteiger partial charge in [-0.2, -0.15) is 0 Å². The summed E-state index contributed by atoms with van der Waals surface area (Å²) >= 11 is 2.36. The van der Waals surface area contributed by atoms with Gasteiger partial charge in [0, 0.05) is 33.7 Å². The van der Waals surface area contributed by atoms with Crippen LogP contribution in [0.15, 0.2) is 30.3 Å². The fourth-order valence-corrected chi connectivity index (χ4v) is 4.48. The van der Waals surface area contributed by atoms with Crippen LogP contribution in [0.3, 0.4) is 0 Å². The van der Waals surface area contributed by atoms with Gasteiger partial charge < -0.3 is 0 Å². The molecular formula is C17H21IN2. The van der Waals surface area contributed by atoms with E-state index < -0.39 is 0 Å². The lowest BCUT2D eigenvalue weighted by Gasteiger charge is -2.34. The number of nitrogens with zero attached hydrogens (tertiary/aromatic N) is 2. The molecule has 0 aliphatic heterocycles. The van der Waals surface area contributed by atoms with Crippen LogP contribution < -0.4 is 0 Å². The molecule has 0 radical (unpaired) electrons. The monoisotopic (exact) mass is 380 g/mol. The number of halogens is 1. The largest absolute Gasteiger partial charge is 0.291 e. The third kappa shape index (κ3) is 2.01. The number of allylic oxidation sites excluding steroid dienone is 2. The second kappa shape index (κ2) is 4.86. The topological polar surface area (TPSA) is 17.8 Å². The highest BCUT2D eigenvalue weighted by Crippen LogP contribution is 2.50. The molecule has 3 rings (SSSR count). The summed E-state index contributed by atoms with van der Waals surface area (Å²) in [5, 5.41) is 0. The Kier molecular flexibility index (Phi) is 3.43. The van der Waals surface area contributed by atoms with E-state index in [1.165, 1.54) is 17.6 Å². The van der Waals surface area contributed by atoms with Crippen molar-refractivity contribution in [3.63, 3.8) is 0 Å². The Morgan fingerprint density at radius 1 is 1.30 bits per heavy atom. The van der Waals surface area contributed by atoms with Gasteiger partial charge in [-0.15, -0.1) is 0 Å². The number of rotatable bonds is 2. The smallest absolute Gasteiger partial charge is 0.176 e. The van der Waals surface area contributed by atoms with E-state index in [0.29, 0.717) is 11.8 Å². The summed E-state index contributed by atoms with van der Waals surface area (Å²) in [6, 6.07) is 8.42. The first-order valence-corrected chi connectivity index (χ1v) is 8.34. The molecule has 20 heavy (non-hydrogen) atoms. The molecule has 0 spiro atoms. The SMILES string of the molecule is CC(C)C1CC=C(n2c(I)nc3ccccc32)C1(C)C. The summed E-state index contributed by atoms with van der Waals surface area (Å²) in [5.74, 6) is 1.40. The number of hydrogen-bond acceptors (Lipinski definition) is 1. The van der Waals surface area contributed by atoms with Crippen molar-refractivity contribution < 1.29 is 0 Å². The highest BCUT2D eigenvalue weighted by atomic mass is 127. The molecule has 1 aliphatic carbocycles. The average Bonchev–Trinajstić information content (AvgIpc) is 2.84. The van der Waals surface area contributed by atoms with Gasteiger partial charge in [0.15, 0.2) is 3.83 Å². The van der Waals surface area contributed by atoms with Crippen molar-refractivity contribution in [2.24, 2.45) is 17.3 Å². The van der Waals surface area contributed by atoms with Crippen molar-refractivity contribution >= 4 is 39.3 Å². The molecule has 3 heteroatoms. The van der Waals surface area contributed by atoms with Gasteiger partial charge in [0.25, 0.3) is 0 Å². The van der Waals surface area contributed by atoms with Crippen LogP contribution in [0.5, 0.6) is 0 Å². The van der Waals surface area contributed by atoms with Crippen LogP contribution in [0.1, 0.15) is 34.1 Å². The second-order valence-electron chi connectivity index (χ2n) is 6.60. The molecule has 0 bridgehead atoms. The Morgan fingerprint density at radius 2 is 2.00 bits per heavy atom. The molecule has 1 atom stereocenters. The Hall–Kier alpha value is -0.840. The van der Waals surface area contributed by atoms with Gasteiger partial charge >= 0.3 is 0 Å². The van der Waals surface area contributed by atoms with Gasteiger partial charge in [0.2, 0.25) is 0 Å². The van der Waals surface area contributed by atoms with E-state index in [-0.39, 0.29) is 5.41 Å². The van der Waals surface area contributed by atoms with Crippen LogP contribution in [0.25, 0.3) is 16.7 Å². The molecule has 2 aromatic rings. The molecule has 0 amide bonds. The van der Waals surface area contributed by atoms with Crippen LogP contribution >= 0.6 is 22.6 Å². The molecule has 0 fully saturated rings. The van der Waals surface area contributed by atoms with Gasteiger partial charge in [-0.3, -0.25) is 4.57 Å². The zero-order chi connectivity index (χ0) is 14.5. The third-order valence-electron chi connectivity index (χ3n) is 4.72. The highest BCUT2D eigenvalue weighted by molar-refractivity contribution is 14.1. The molecule has 1 heterocycles. The van der Waals surface area contributed by atoms with E-state index in [9.17, 15) is 0 Å². The summed E-state index contributed by atoms with van der Waals surface area (Å²) in [7, 11) is 0. The Labute approximate surface area is 134 Å². The minimum absolute atomic E-state index is 0.192. The minimum atomic E-state index is 0.192. The third-order valence-corrected chi connectivity index (χ3v) is 5.44. The minimum Gasteiger partial charge on any atom is -0.291 e. The molecule has 1 aliphatic rings. The predicted molar refractivity (Wildman–Crippen MR) is 93.4 cm³/mol. The number of imidazole rings is 1. The maximum atomic E-state index is 4.70. The first kappa shape index (κ1) is 14.1. The van der Waals surface area contributed by atoms with E-state index in [1.807, 2.05) is 0 Å². The van der Waals surface area contributed by atoms with Crippen molar-refractivity contribution in [3.05, 3.63) is 34.2 Å². The van der Waals surface area contributed by atoms with Crippen LogP contribution in [-0.2, 0) is 0 Å². The lowest BCUT2D eigenvalue weighted by Crippen LogP contribution is -2.27. The zero-order valence-electron chi connectivity index (χ0n) is 12.5. The van der Waals surface area contributed by atoms with Gasteiger partial charge in [-0.05, 0) is 30.4 Å². The number of aromatic nitrogens is 2. The molecule has 0 saturated carbocycles. The Bertz CT molecular complexity index is 679. The normalized spacial score (nSPS) is 21.7. The van der Waals surface area contributed by atoms with Crippen LogP contribution in [0.4, 0.5) is 0 Å². The van der Waals surface area contributed by atoms with Crippen molar-refractivity contribution in [1.29, 1.82) is 0 Å². The summed E-state index contributed by atoms with van der Waals surface area (Å²) < 4.78 is 3.41. The molecule has 2 nitrogen and oxygen atoms in total. The average molecular weight is 380 g/mol. The summed E-state index contributed by atoms with van der Waals surface area (Å²) in [6.07, 6.45) is 3.59. The Morgan fingerprint density at radius 3 is 2.65 bits per heavy atom. The summed E-state index contributed by atoms with van der Waals surface area (Å²) in [4.78, 5) is 4.70. The quantitative estimate of drug-likeness (QED) is 0.656. The lowest BCUT2D eigenvalue weighted by atomic mass is 9.74. The molecule has 0 N–H and O–H groups in total. The van der Waals surface area contributed by atoms with Crippen molar-refractivity contribution in [2.75, 3.05) is 0 Å². The molecule has 1 aromatic heterocycles. The van der Waals surface area contributed by atoms with Crippen molar-refractivity contribution in [1.82, 2.24) is 9.55 Å². The van der Waals surface area contributed by atoms with Gasteiger partial charge in [0.05, 0.1) is 11.0 Å². The number of hydrogen-bond donors (Lipinski definition) is 0. The maximum Gasteiger partial charge on any atom is 0.176 e. The zero-order valence-corrected chi connectivity index (χ0v) is 14.7. The fraction of sp³-hybridized carbons (Fsp3) is 0.471. The molecule has 0 saturated heterocycles. The maximum absolute atomic E-state index is 4.70.